The molecule has 1 aromatic rings. The van der Waals surface area contributed by atoms with Crippen molar-refractivity contribution in [1.29, 1.82) is 0 Å². The van der Waals surface area contributed by atoms with Crippen molar-refractivity contribution in [2.75, 3.05) is 7.11 Å². The SMILES string of the molecule is COc1c(CBr)cc(OC(F)(F)F)nc1C(F)(F)F. The van der Waals surface area contributed by atoms with Crippen molar-refractivity contribution < 1.29 is 35.8 Å². The first-order chi connectivity index (χ1) is 8.58. The quantitative estimate of drug-likeness (QED) is 0.610. The van der Waals surface area contributed by atoms with E-state index in [1.54, 1.807) is 0 Å². The maximum Gasteiger partial charge on any atom is 0.574 e. The van der Waals surface area contributed by atoms with E-state index in [4.69, 9.17) is 0 Å². The Bertz CT molecular complexity index is 459. The van der Waals surface area contributed by atoms with Crippen LogP contribution in [-0.2, 0) is 11.5 Å². The average molecular weight is 354 g/mol. The highest BCUT2D eigenvalue weighted by atomic mass is 79.9. The van der Waals surface area contributed by atoms with Crippen LogP contribution in [-0.4, -0.2) is 18.5 Å². The van der Waals surface area contributed by atoms with E-state index < -0.39 is 29.9 Å². The third kappa shape index (κ3) is 4.15. The van der Waals surface area contributed by atoms with Crippen LogP contribution in [0.5, 0.6) is 11.6 Å². The summed E-state index contributed by atoms with van der Waals surface area (Å²) >= 11 is 2.85. The number of hydrogen-bond donors (Lipinski definition) is 0. The van der Waals surface area contributed by atoms with Crippen molar-refractivity contribution in [1.82, 2.24) is 4.98 Å². The van der Waals surface area contributed by atoms with E-state index in [-0.39, 0.29) is 10.9 Å². The minimum Gasteiger partial charge on any atom is -0.494 e. The Morgan fingerprint density at radius 2 is 1.79 bits per heavy atom. The Hall–Kier alpha value is -1.19. The predicted molar refractivity (Wildman–Crippen MR) is 55.1 cm³/mol. The molecule has 0 aliphatic rings. The van der Waals surface area contributed by atoms with Gasteiger partial charge < -0.3 is 9.47 Å². The molecule has 3 nitrogen and oxygen atoms in total. The zero-order chi connectivity index (χ0) is 14.8. The second kappa shape index (κ2) is 5.43. The van der Waals surface area contributed by atoms with E-state index in [1.807, 2.05) is 0 Å². The highest BCUT2D eigenvalue weighted by molar-refractivity contribution is 9.08. The van der Waals surface area contributed by atoms with Gasteiger partial charge in [0.1, 0.15) is 0 Å². The molecule has 0 aromatic carbocycles. The van der Waals surface area contributed by atoms with Gasteiger partial charge in [-0.3, -0.25) is 0 Å². The molecule has 0 atom stereocenters. The Morgan fingerprint density at radius 1 is 1.21 bits per heavy atom. The van der Waals surface area contributed by atoms with Gasteiger partial charge in [0.2, 0.25) is 5.88 Å². The second-order valence-electron chi connectivity index (χ2n) is 3.18. The number of ether oxygens (including phenoxy) is 2. The van der Waals surface area contributed by atoms with Crippen LogP contribution in [0.3, 0.4) is 0 Å². The lowest BCUT2D eigenvalue weighted by Crippen LogP contribution is -2.20. The Kier molecular flexibility index (Phi) is 4.54. The second-order valence-corrected chi connectivity index (χ2v) is 3.74. The van der Waals surface area contributed by atoms with Gasteiger partial charge in [-0.25, -0.2) is 4.98 Å². The van der Waals surface area contributed by atoms with Crippen molar-refractivity contribution in [3.63, 3.8) is 0 Å². The van der Waals surface area contributed by atoms with E-state index in [1.165, 1.54) is 0 Å². The number of aromatic nitrogens is 1. The van der Waals surface area contributed by atoms with E-state index in [0.717, 1.165) is 13.2 Å². The first kappa shape index (κ1) is 15.9. The topological polar surface area (TPSA) is 31.4 Å². The summed E-state index contributed by atoms with van der Waals surface area (Å²) < 4.78 is 81.9. The van der Waals surface area contributed by atoms with Gasteiger partial charge in [-0.2, -0.15) is 13.2 Å². The highest BCUT2D eigenvalue weighted by Gasteiger charge is 2.40. The number of pyridine rings is 1. The number of nitrogens with zero attached hydrogens (tertiary/aromatic N) is 1. The minimum atomic E-state index is -5.13. The zero-order valence-electron chi connectivity index (χ0n) is 9.19. The summed E-state index contributed by atoms with van der Waals surface area (Å²) in [4.78, 5) is 2.80. The Morgan fingerprint density at radius 3 is 2.16 bits per heavy atom. The molecule has 1 heterocycles. The summed E-state index contributed by atoms with van der Waals surface area (Å²) in [5.41, 5.74) is -1.74. The fourth-order valence-corrected chi connectivity index (χ4v) is 1.67. The van der Waals surface area contributed by atoms with Gasteiger partial charge in [-0.05, 0) is 0 Å². The summed E-state index contributed by atoms with van der Waals surface area (Å²) in [6, 6.07) is 0.719. The lowest BCUT2D eigenvalue weighted by Gasteiger charge is -2.16. The van der Waals surface area contributed by atoms with Crippen LogP contribution in [0.15, 0.2) is 6.07 Å². The Balaban J connectivity index is 3.39. The first-order valence-corrected chi connectivity index (χ1v) is 5.67. The van der Waals surface area contributed by atoms with Crippen molar-refractivity contribution in [3.8, 4) is 11.6 Å². The van der Waals surface area contributed by atoms with Gasteiger partial charge in [0.05, 0.1) is 7.11 Å². The molecule has 0 bridgehead atoms. The molecule has 0 spiro atoms. The summed E-state index contributed by atoms with van der Waals surface area (Å²) in [7, 11) is 0.961. The molecule has 1 rings (SSSR count). The van der Waals surface area contributed by atoms with Crippen LogP contribution >= 0.6 is 15.9 Å². The molecule has 0 amide bonds. The molecule has 0 aliphatic heterocycles. The molecule has 0 fully saturated rings. The fourth-order valence-electron chi connectivity index (χ4n) is 1.25. The molecule has 0 saturated carbocycles. The molecule has 1 aromatic heterocycles. The smallest absolute Gasteiger partial charge is 0.494 e. The highest BCUT2D eigenvalue weighted by Crippen LogP contribution is 2.39. The third-order valence-corrected chi connectivity index (χ3v) is 2.47. The molecule has 108 valence electrons. The first-order valence-electron chi connectivity index (χ1n) is 4.55. The van der Waals surface area contributed by atoms with Gasteiger partial charge in [-0.15, -0.1) is 13.2 Å². The monoisotopic (exact) mass is 353 g/mol. The third-order valence-electron chi connectivity index (χ3n) is 1.86. The van der Waals surface area contributed by atoms with Gasteiger partial charge in [0, 0.05) is 17.0 Å². The summed E-state index contributed by atoms with van der Waals surface area (Å²) in [6.07, 6.45) is -10.1. The lowest BCUT2D eigenvalue weighted by atomic mass is 10.2. The fraction of sp³-hybridized carbons (Fsp3) is 0.444. The molecular weight excluding hydrogens is 348 g/mol. The molecule has 0 N–H and O–H groups in total. The minimum absolute atomic E-state index is 0.157. The number of alkyl halides is 7. The number of methoxy groups -OCH3 is 1. The number of halogens is 7. The van der Waals surface area contributed by atoms with Crippen molar-refractivity contribution in [2.45, 2.75) is 17.9 Å². The van der Waals surface area contributed by atoms with E-state index in [9.17, 15) is 26.3 Å². The normalized spacial score (nSPS) is 12.4. The maximum atomic E-state index is 12.7. The summed E-state index contributed by atoms with van der Waals surface area (Å²) in [6.45, 7) is 0. The molecule has 0 saturated heterocycles. The summed E-state index contributed by atoms with van der Waals surface area (Å²) in [5.74, 6) is -1.85. The molecular formula is C9H6BrF6NO2. The lowest BCUT2D eigenvalue weighted by molar-refractivity contribution is -0.276. The van der Waals surface area contributed by atoms with Gasteiger partial charge >= 0.3 is 12.5 Å². The van der Waals surface area contributed by atoms with E-state index in [2.05, 4.69) is 30.4 Å². The van der Waals surface area contributed by atoms with Gasteiger partial charge in [0.15, 0.2) is 11.4 Å². The molecule has 10 heteroatoms. The van der Waals surface area contributed by atoms with Crippen LogP contribution in [0.1, 0.15) is 11.3 Å². The van der Waals surface area contributed by atoms with Crippen LogP contribution in [0.4, 0.5) is 26.3 Å². The molecule has 0 unspecified atom stereocenters. The number of rotatable bonds is 3. The van der Waals surface area contributed by atoms with Crippen molar-refractivity contribution in [2.24, 2.45) is 0 Å². The Labute approximate surface area is 111 Å². The standard InChI is InChI=1S/C9H6BrF6NO2/c1-18-6-4(3-10)2-5(19-9(14,15)16)17-7(6)8(11,12)13/h2H,3H2,1H3. The van der Waals surface area contributed by atoms with Crippen LogP contribution in [0, 0.1) is 0 Å². The number of hydrogen-bond acceptors (Lipinski definition) is 3. The predicted octanol–water partition coefficient (Wildman–Crippen LogP) is 3.90. The van der Waals surface area contributed by atoms with Gasteiger partial charge in [-0.1, -0.05) is 15.9 Å². The van der Waals surface area contributed by atoms with Crippen molar-refractivity contribution >= 4 is 15.9 Å². The van der Waals surface area contributed by atoms with E-state index >= 15 is 0 Å². The average Bonchev–Trinajstić information content (AvgIpc) is 2.24. The van der Waals surface area contributed by atoms with Crippen LogP contribution in [0.25, 0.3) is 0 Å². The van der Waals surface area contributed by atoms with Gasteiger partial charge in [0.25, 0.3) is 0 Å². The largest absolute Gasteiger partial charge is 0.574 e. The van der Waals surface area contributed by atoms with Crippen molar-refractivity contribution in [3.05, 3.63) is 17.3 Å². The van der Waals surface area contributed by atoms with E-state index in [0.29, 0.717) is 0 Å². The maximum absolute atomic E-state index is 12.7. The molecule has 0 radical (unpaired) electrons. The summed E-state index contributed by atoms with van der Waals surface area (Å²) in [5, 5.41) is -0.157. The van der Waals surface area contributed by atoms with Crippen LogP contribution < -0.4 is 9.47 Å². The molecule has 19 heavy (non-hydrogen) atoms. The van der Waals surface area contributed by atoms with Crippen LogP contribution in [0.2, 0.25) is 0 Å². The zero-order valence-corrected chi connectivity index (χ0v) is 10.8. The molecule has 0 aliphatic carbocycles.